The van der Waals surface area contributed by atoms with Gasteiger partial charge >= 0.3 is 0 Å². The van der Waals surface area contributed by atoms with Crippen LogP contribution in [0.4, 0.5) is 10.1 Å². The second kappa shape index (κ2) is 6.21. The third-order valence-electron chi connectivity index (χ3n) is 3.62. The highest BCUT2D eigenvalue weighted by atomic mass is 32.1. The van der Waals surface area contributed by atoms with Crippen molar-refractivity contribution in [2.24, 2.45) is 4.99 Å². The zero-order valence-corrected chi connectivity index (χ0v) is 12.7. The van der Waals surface area contributed by atoms with E-state index < -0.39 is 4.92 Å². The van der Waals surface area contributed by atoms with Gasteiger partial charge in [-0.25, -0.2) is 9.38 Å². The molecule has 1 heterocycles. The normalized spacial score (nSPS) is 17.3. The van der Waals surface area contributed by atoms with Gasteiger partial charge in [0.25, 0.3) is 5.69 Å². The van der Waals surface area contributed by atoms with E-state index in [1.807, 2.05) is 0 Å². The molecule has 1 atom stereocenters. The fourth-order valence-electron chi connectivity index (χ4n) is 2.45. The van der Waals surface area contributed by atoms with Gasteiger partial charge in [-0.3, -0.25) is 10.1 Å². The summed E-state index contributed by atoms with van der Waals surface area (Å²) in [5, 5.41) is 14.2. The Morgan fingerprint density at radius 3 is 2.43 bits per heavy atom. The van der Waals surface area contributed by atoms with Crippen LogP contribution in [-0.2, 0) is 0 Å². The molecule has 3 rings (SSSR count). The van der Waals surface area contributed by atoms with Crippen LogP contribution >= 0.6 is 12.2 Å². The summed E-state index contributed by atoms with van der Waals surface area (Å²) in [6.07, 6.45) is 0.559. The summed E-state index contributed by atoms with van der Waals surface area (Å²) in [7, 11) is 0. The van der Waals surface area contributed by atoms with Crippen molar-refractivity contribution in [2.45, 2.75) is 12.5 Å². The quantitative estimate of drug-likeness (QED) is 0.531. The van der Waals surface area contributed by atoms with Crippen LogP contribution in [0.5, 0.6) is 0 Å². The van der Waals surface area contributed by atoms with Crippen LogP contribution in [-0.4, -0.2) is 15.7 Å². The maximum atomic E-state index is 13.1. The number of nitro benzene ring substituents is 1. The predicted octanol–water partition coefficient (Wildman–Crippen LogP) is 3.54. The van der Waals surface area contributed by atoms with Crippen molar-refractivity contribution in [1.82, 2.24) is 5.32 Å². The standard InChI is InChI=1S/C16H12FN3O2S/c17-12-5-1-10(2-6-12)14-9-15(19-16(23)18-14)11-3-7-13(8-4-11)20(21)22/h1-8,14H,9H2,(H,18,23). The summed E-state index contributed by atoms with van der Waals surface area (Å²) < 4.78 is 13.1. The molecule has 116 valence electrons. The van der Waals surface area contributed by atoms with Crippen LogP contribution in [0.25, 0.3) is 0 Å². The van der Waals surface area contributed by atoms with Gasteiger partial charge in [0.2, 0.25) is 0 Å². The summed E-state index contributed by atoms with van der Waals surface area (Å²) >= 11 is 5.17. The number of benzene rings is 2. The molecule has 0 saturated carbocycles. The minimum Gasteiger partial charge on any atom is -0.354 e. The fraction of sp³-hybridized carbons (Fsp3) is 0.125. The zero-order valence-electron chi connectivity index (χ0n) is 11.9. The van der Waals surface area contributed by atoms with Crippen molar-refractivity contribution in [3.05, 3.63) is 75.6 Å². The number of nitrogens with zero attached hydrogens (tertiary/aromatic N) is 2. The summed E-state index contributed by atoms with van der Waals surface area (Å²) in [4.78, 5) is 14.6. The van der Waals surface area contributed by atoms with E-state index >= 15 is 0 Å². The second-order valence-electron chi connectivity index (χ2n) is 5.12. The van der Waals surface area contributed by atoms with Crippen LogP contribution in [0, 0.1) is 15.9 Å². The van der Waals surface area contributed by atoms with E-state index in [9.17, 15) is 14.5 Å². The van der Waals surface area contributed by atoms with Crippen LogP contribution in [0.2, 0.25) is 0 Å². The molecule has 0 saturated heterocycles. The molecule has 0 radical (unpaired) electrons. The Morgan fingerprint density at radius 2 is 1.83 bits per heavy atom. The molecule has 0 aliphatic carbocycles. The van der Waals surface area contributed by atoms with Crippen molar-refractivity contribution in [2.75, 3.05) is 0 Å². The summed E-state index contributed by atoms with van der Waals surface area (Å²) in [6, 6.07) is 12.3. The van der Waals surface area contributed by atoms with E-state index in [0.29, 0.717) is 11.5 Å². The maximum absolute atomic E-state index is 13.1. The van der Waals surface area contributed by atoms with Crippen molar-refractivity contribution in [1.29, 1.82) is 0 Å². The van der Waals surface area contributed by atoms with Gasteiger partial charge in [0.1, 0.15) is 5.82 Å². The van der Waals surface area contributed by atoms with E-state index in [-0.39, 0.29) is 17.5 Å². The largest absolute Gasteiger partial charge is 0.354 e. The summed E-state index contributed by atoms with van der Waals surface area (Å²) in [5.41, 5.74) is 2.47. The lowest BCUT2D eigenvalue weighted by molar-refractivity contribution is -0.384. The van der Waals surface area contributed by atoms with Crippen molar-refractivity contribution in [3.63, 3.8) is 0 Å². The molecule has 1 N–H and O–H groups in total. The molecule has 5 nitrogen and oxygen atoms in total. The van der Waals surface area contributed by atoms with Crippen molar-refractivity contribution in [3.8, 4) is 0 Å². The highest BCUT2D eigenvalue weighted by Crippen LogP contribution is 2.24. The van der Waals surface area contributed by atoms with E-state index in [1.165, 1.54) is 24.3 Å². The summed E-state index contributed by atoms with van der Waals surface area (Å²) in [6.45, 7) is 0. The Balaban J connectivity index is 1.86. The topological polar surface area (TPSA) is 67.5 Å². The van der Waals surface area contributed by atoms with Gasteiger partial charge in [-0.2, -0.15) is 0 Å². The van der Waals surface area contributed by atoms with E-state index in [0.717, 1.165) is 16.8 Å². The molecule has 7 heteroatoms. The number of aliphatic imine (C=N–C) groups is 1. The Hall–Kier alpha value is -2.67. The number of thiocarbonyl (C=S) groups is 1. The van der Waals surface area contributed by atoms with Gasteiger partial charge in [-0.1, -0.05) is 12.1 Å². The number of hydrogen-bond donors (Lipinski definition) is 1. The third-order valence-corrected chi connectivity index (χ3v) is 3.82. The van der Waals surface area contributed by atoms with Crippen LogP contribution in [0.3, 0.4) is 0 Å². The maximum Gasteiger partial charge on any atom is 0.269 e. The second-order valence-corrected chi connectivity index (χ2v) is 5.51. The van der Waals surface area contributed by atoms with Crippen molar-refractivity contribution >= 4 is 28.7 Å². The van der Waals surface area contributed by atoms with E-state index in [4.69, 9.17) is 12.2 Å². The lowest BCUT2D eigenvalue weighted by atomic mass is 9.96. The lowest BCUT2D eigenvalue weighted by Crippen LogP contribution is -2.33. The molecule has 0 bridgehead atoms. The molecular formula is C16H12FN3O2S. The number of nitrogens with one attached hydrogen (secondary N) is 1. The molecule has 1 aliphatic rings. The average molecular weight is 329 g/mol. The zero-order chi connectivity index (χ0) is 16.4. The smallest absolute Gasteiger partial charge is 0.269 e. The first-order chi connectivity index (χ1) is 11.0. The minimum atomic E-state index is -0.444. The first-order valence-corrected chi connectivity index (χ1v) is 7.32. The van der Waals surface area contributed by atoms with Gasteiger partial charge in [0.05, 0.1) is 16.7 Å². The Morgan fingerprint density at radius 1 is 1.17 bits per heavy atom. The molecule has 0 spiro atoms. The number of rotatable bonds is 3. The molecule has 0 fully saturated rings. The molecule has 1 aliphatic heterocycles. The number of nitro groups is 1. The molecule has 1 unspecified atom stereocenters. The average Bonchev–Trinajstić information content (AvgIpc) is 2.55. The molecule has 0 amide bonds. The first-order valence-electron chi connectivity index (χ1n) is 6.91. The van der Waals surface area contributed by atoms with Crippen molar-refractivity contribution < 1.29 is 9.31 Å². The lowest BCUT2D eigenvalue weighted by Gasteiger charge is -2.25. The first kappa shape index (κ1) is 15.2. The highest BCUT2D eigenvalue weighted by molar-refractivity contribution is 7.80. The third kappa shape index (κ3) is 3.40. The Kier molecular flexibility index (Phi) is 4.12. The molecular weight excluding hydrogens is 317 g/mol. The van der Waals surface area contributed by atoms with Crippen LogP contribution in [0.1, 0.15) is 23.6 Å². The highest BCUT2D eigenvalue weighted by Gasteiger charge is 2.22. The Bertz CT molecular complexity index is 788. The van der Waals surface area contributed by atoms with Crippen LogP contribution in [0.15, 0.2) is 53.5 Å². The molecule has 0 aromatic heterocycles. The molecule has 2 aromatic carbocycles. The SMILES string of the molecule is O=[N+]([O-])c1ccc(C2=NC(=S)NC(c3ccc(F)cc3)C2)cc1. The number of non-ortho nitro benzene ring substituents is 1. The number of halogens is 1. The van der Waals surface area contributed by atoms with Gasteiger partial charge < -0.3 is 5.32 Å². The monoisotopic (exact) mass is 329 g/mol. The molecule has 23 heavy (non-hydrogen) atoms. The van der Waals surface area contributed by atoms with E-state index in [1.54, 1.807) is 24.3 Å². The molecule has 2 aromatic rings. The minimum absolute atomic E-state index is 0.0287. The number of hydrogen-bond acceptors (Lipinski definition) is 3. The van der Waals surface area contributed by atoms with Gasteiger partial charge in [0.15, 0.2) is 5.11 Å². The van der Waals surface area contributed by atoms with E-state index in [2.05, 4.69) is 10.3 Å². The van der Waals surface area contributed by atoms with Gasteiger partial charge in [-0.15, -0.1) is 0 Å². The van der Waals surface area contributed by atoms with Crippen LogP contribution < -0.4 is 5.32 Å². The fourth-order valence-corrected chi connectivity index (χ4v) is 2.70. The summed E-state index contributed by atoms with van der Waals surface area (Å²) in [5.74, 6) is -0.295. The van der Waals surface area contributed by atoms with Gasteiger partial charge in [0, 0.05) is 18.6 Å². The predicted molar refractivity (Wildman–Crippen MR) is 89.1 cm³/mol. The Labute approximate surface area is 137 Å². The van der Waals surface area contributed by atoms with Gasteiger partial charge in [-0.05, 0) is 47.6 Å².